The summed E-state index contributed by atoms with van der Waals surface area (Å²) >= 11 is 6.47. The molecule has 1 aliphatic carbocycles. The maximum absolute atomic E-state index is 9.53. The van der Waals surface area contributed by atoms with E-state index >= 15 is 0 Å². The number of hydrogen-bond donors (Lipinski definition) is 1. The molecule has 6 heteroatoms. The van der Waals surface area contributed by atoms with Crippen molar-refractivity contribution in [3.05, 3.63) is 81.1 Å². The molecule has 3 aromatic rings. The monoisotopic (exact) mass is 429 g/mol. The molecule has 2 N–H and O–H groups in total. The molecule has 1 aromatic heterocycles. The summed E-state index contributed by atoms with van der Waals surface area (Å²) in [6, 6.07) is 15.3. The van der Waals surface area contributed by atoms with E-state index in [2.05, 4.69) is 51.3 Å². The zero-order valence-corrected chi connectivity index (χ0v) is 18.3. The number of anilines is 2. The summed E-state index contributed by atoms with van der Waals surface area (Å²) in [5.74, 6) is 0.345. The fourth-order valence-corrected chi connectivity index (χ4v) is 5.11. The number of benzene rings is 2. The van der Waals surface area contributed by atoms with Gasteiger partial charge >= 0.3 is 0 Å². The van der Waals surface area contributed by atoms with Crippen LogP contribution in [0.4, 0.5) is 11.6 Å². The van der Waals surface area contributed by atoms with E-state index in [4.69, 9.17) is 17.3 Å². The van der Waals surface area contributed by atoms with E-state index in [0.29, 0.717) is 16.5 Å². The van der Waals surface area contributed by atoms with Crippen LogP contribution in [0.15, 0.2) is 42.6 Å². The van der Waals surface area contributed by atoms with Crippen LogP contribution in [0.1, 0.15) is 52.8 Å². The molecular formula is C25H24ClN5. The summed E-state index contributed by atoms with van der Waals surface area (Å²) in [6.07, 6.45) is 6.04. The van der Waals surface area contributed by atoms with E-state index in [9.17, 15) is 5.26 Å². The summed E-state index contributed by atoms with van der Waals surface area (Å²) in [5, 5.41) is 10.2. The van der Waals surface area contributed by atoms with Crippen molar-refractivity contribution in [2.24, 2.45) is 0 Å². The van der Waals surface area contributed by atoms with Gasteiger partial charge < -0.3 is 10.6 Å². The highest BCUT2D eigenvalue weighted by Crippen LogP contribution is 2.50. The molecule has 31 heavy (non-hydrogen) atoms. The van der Waals surface area contributed by atoms with Crippen LogP contribution in [0.5, 0.6) is 0 Å². The number of hydrogen-bond acceptors (Lipinski definition) is 5. The lowest BCUT2D eigenvalue weighted by molar-refractivity contribution is 0.301. The molecule has 156 valence electrons. The number of nitriles is 1. The van der Waals surface area contributed by atoms with Gasteiger partial charge in [0.2, 0.25) is 5.95 Å². The first-order valence-corrected chi connectivity index (χ1v) is 11.0. The quantitative estimate of drug-likeness (QED) is 0.638. The Hall–Kier alpha value is -3.10. The smallest absolute Gasteiger partial charge is 0.220 e. The summed E-state index contributed by atoms with van der Waals surface area (Å²) in [5.41, 5.74) is 13.0. The minimum atomic E-state index is -0.0542. The van der Waals surface area contributed by atoms with Gasteiger partial charge in [-0.15, -0.1) is 0 Å². The second kappa shape index (κ2) is 7.55. The lowest BCUT2D eigenvalue weighted by Gasteiger charge is -2.43. The Bertz CT molecular complexity index is 1190. The number of nitrogens with two attached hydrogens (primary N) is 1. The molecular weight excluding hydrogens is 406 g/mol. The molecule has 1 aliphatic heterocycles. The van der Waals surface area contributed by atoms with Gasteiger partial charge in [0.05, 0.1) is 17.3 Å². The molecule has 2 aromatic carbocycles. The van der Waals surface area contributed by atoms with Gasteiger partial charge in [0.1, 0.15) is 0 Å². The third-order valence-corrected chi connectivity index (χ3v) is 7.35. The van der Waals surface area contributed by atoms with Gasteiger partial charge in [0.15, 0.2) is 0 Å². The summed E-state index contributed by atoms with van der Waals surface area (Å²) in [4.78, 5) is 10.9. The first-order chi connectivity index (χ1) is 15.0. The fourth-order valence-electron chi connectivity index (χ4n) is 4.89. The molecule has 0 amide bonds. The molecule has 0 radical (unpaired) electrons. The fraction of sp³-hybridized carbons (Fsp3) is 0.320. The Balaban J connectivity index is 1.44. The average Bonchev–Trinajstić information content (AvgIpc) is 2.75. The van der Waals surface area contributed by atoms with Crippen molar-refractivity contribution in [1.82, 2.24) is 9.97 Å². The molecule has 0 unspecified atom stereocenters. The van der Waals surface area contributed by atoms with E-state index in [0.717, 1.165) is 54.7 Å². The normalized spacial score (nSPS) is 16.9. The summed E-state index contributed by atoms with van der Waals surface area (Å²) < 4.78 is 0. The second-order valence-corrected chi connectivity index (χ2v) is 9.00. The van der Waals surface area contributed by atoms with Gasteiger partial charge in [-0.05, 0) is 60.7 Å². The Morgan fingerprint density at radius 3 is 2.61 bits per heavy atom. The van der Waals surface area contributed by atoms with Gasteiger partial charge in [-0.3, -0.25) is 0 Å². The molecule has 1 fully saturated rings. The number of nitrogens with zero attached hydrogens (tertiary/aromatic N) is 4. The Kier molecular flexibility index (Phi) is 4.83. The highest BCUT2D eigenvalue weighted by Gasteiger charge is 2.41. The maximum atomic E-state index is 9.53. The minimum absolute atomic E-state index is 0.0542. The molecule has 0 spiro atoms. The molecule has 0 atom stereocenters. The van der Waals surface area contributed by atoms with Gasteiger partial charge in [-0.1, -0.05) is 30.2 Å². The van der Waals surface area contributed by atoms with Crippen LogP contribution in [0.25, 0.3) is 0 Å². The van der Waals surface area contributed by atoms with Crippen molar-refractivity contribution in [2.75, 3.05) is 17.2 Å². The lowest BCUT2D eigenvalue weighted by atomic mass is 9.60. The minimum Gasteiger partial charge on any atom is -0.368 e. The van der Waals surface area contributed by atoms with Crippen LogP contribution in [-0.4, -0.2) is 16.5 Å². The molecule has 5 rings (SSSR count). The maximum Gasteiger partial charge on any atom is 0.220 e. The first kappa shape index (κ1) is 19.8. The van der Waals surface area contributed by atoms with Crippen LogP contribution in [-0.2, 0) is 18.4 Å². The largest absolute Gasteiger partial charge is 0.368 e. The van der Waals surface area contributed by atoms with Crippen LogP contribution in [0.3, 0.4) is 0 Å². The molecule has 0 saturated heterocycles. The highest BCUT2D eigenvalue weighted by molar-refractivity contribution is 6.31. The van der Waals surface area contributed by atoms with E-state index in [1.165, 1.54) is 17.7 Å². The van der Waals surface area contributed by atoms with Gasteiger partial charge in [-0.2, -0.15) is 5.26 Å². The SMILES string of the molecule is Cc1c(Cl)cc(C2(c3ccc(N4CCc5nc(N)ncc5C4)cc3)CCC2)cc1C#N. The summed E-state index contributed by atoms with van der Waals surface area (Å²) in [6.45, 7) is 3.61. The van der Waals surface area contributed by atoms with Crippen molar-refractivity contribution in [3.8, 4) is 6.07 Å². The van der Waals surface area contributed by atoms with Crippen LogP contribution >= 0.6 is 11.6 Å². The van der Waals surface area contributed by atoms with Gasteiger partial charge in [-0.25, -0.2) is 9.97 Å². The lowest BCUT2D eigenvalue weighted by Crippen LogP contribution is -2.36. The van der Waals surface area contributed by atoms with Crippen molar-refractivity contribution >= 4 is 23.2 Å². The van der Waals surface area contributed by atoms with E-state index < -0.39 is 0 Å². The van der Waals surface area contributed by atoms with E-state index in [1.807, 2.05) is 19.2 Å². The Morgan fingerprint density at radius 1 is 1.16 bits per heavy atom. The third-order valence-electron chi connectivity index (χ3n) is 6.96. The molecule has 2 aliphatic rings. The zero-order chi connectivity index (χ0) is 21.6. The van der Waals surface area contributed by atoms with Crippen LogP contribution in [0, 0.1) is 18.3 Å². The third kappa shape index (κ3) is 3.32. The van der Waals surface area contributed by atoms with Crippen molar-refractivity contribution < 1.29 is 0 Å². The molecule has 0 bridgehead atoms. The Morgan fingerprint density at radius 2 is 1.94 bits per heavy atom. The van der Waals surface area contributed by atoms with Crippen LogP contribution < -0.4 is 10.6 Å². The predicted octanol–water partition coefficient (Wildman–Crippen LogP) is 4.93. The molecule has 2 heterocycles. The topological polar surface area (TPSA) is 78.8 Å². The van der Waals surface area contributed by atoms with Gasteiger partial charge in [0.25, 0.3) is 0 Å². The number of nitrogen functional groups attached to an aromatic ring is 1. The number of aromatic nitrogens is 2. The van der Waals surface area contributed by atoms with Crippen molar-refractivity contribution in [2.45, 2.75) is 44.6 Å². The number of rotatable bonds is 3. The van der Waals surface area contributed by atoms with Crippen molar-refractivity contribution in [1.29, 1.82) is 5.26 Å². The second-order valence-electron chi connectivity index (χ2n) is 8.60. The standard InChI is InChI=1S/C25H24ClN5/c1-16-17(13-27)11-20(12-22(16)26)25(8-2-9-25)19-3-5-21(6-4-19)31-10-7-23-18(15-31)14-29-24(28)30-23/h3-6,11-12,14H,2,7-10,15H2,1H3,(H2,28,29,30). The van der Waals surface area contributed by atoms with E-state index in [1.54, 1.807) is 0 Å². The average molecular weight is 430 g/mol. The zero-order valence-electron chi connectivity index (χ0n) is 17.5. The van der Waals surface area contributed by atoms with Gasteiger partial charge in [0, 0.05) is 47.4 Å². The van der Waals surface area contributed by atoms with Crippen molar-refractivity contribution in [3.63, 3.8) is 0 Å². The number of halogens is 1. The first-order valence-electron chi connectivity index (χ1n) is 10.7. The molecule has 1 saturated carbocycles. The highest BCUT2D eigenvalue weighted by atomic mass is 35.5. The van der Waals surface area contributed by atoms with Crippen LogP contribution in [0.2, 0.25) is 5.02 Å². The molecule has 5 nitrogen and oxygen atoms in total. The van der Waals surface area contributed by atoms with E-state index in [-0.39, 0.29) is 5.41 Å². The predicted molar refractivity (Wildman–Crippen MR) is 123 cm³/mol. The summed E-state index contributed by atoms with van der Waals surface area (Å²) in [7, 11) is 0. The number of fused-ring (bicyclic) bond motifs is 1. The Labute approximate surface area is 187 Å².